The van der Waals surface area contributed by atoms with Crippen molar-refractivity contribution in [3.05, 3.63) is 12.2 Å². The van der Waals surface area contributed by atoms with Crippen LogP contribution >= 0.6 is 0 Å². The first-order valence-corrected chi connectivity index (χ1v) is 46.3. The van der Waals surface area contributed by atoms with E-state index in [2.05, 4.69) is 29.8 Å². The van der Waals surface area contributed by atoms with Gasteiger partial charge in [0.1, 0.15) is 165 Å². The highest BCUT2D eigenvalue weighted by molar-refractivity contribution is 5.76. The Morgan fingerprint density at radius 2 is 0.651 bits per heavy atom. The van der Waals surface area contributed by atoms with E-state index in [0.717, 1.165) is 65.2 Å². The van der Waals surface area contributed by atoms with Crippen molar-refractivity contribution < 1.29 is 183 Å². The number of nitrogens with one attached hydrogen (secondary N) is 3. The quantitative estimate of drug-likeness (QED) is 0.0231. The normalized spacial score (nSPS) is 38.1. The summed E-state index contributed by atoms with van der Waals surface area (Å²) in [6.07, 6.45) is -27.0. The lowest BCUT2D eigenvalue weighted by Crippen LogP contribution is -2.72. The lowest BCUT2D eigenvalue weighted by Gasteiger charge is -2.52. The molecule has 14 unspecified atom stereocenters. The third kappa shape index (κ3) is 32.8. The van der Waals surface area contributed by atoms with Crippen molar-refractivity contribution in [1.82, 2.24) is 16.0 Å². The maximum absolute atomic E-state index is 13.7. The van der Waals surface area contributed by atoms with Crippen LogP contribution in [0.2, 0.25) is 0 Å². The van der Waals surface area contributed by atoms with Crippen LogP contribution in [0.15, 0.2) is 12.2 Å². The Kier molecular flexibility index (Phi) is 50.7. The van der Waals surface area contributed by atoms with Crippen LogP contribution in [0.25, 0.3) is 0 Å². The molecule has 0 bridgehead atoms. The number of unbranched alkanes of at least 4 members (excludes halogenated alkanes) is 29. The summed E-state index contributed by atoms with van der Waals surface area (Å²) in [6.45, 7) is 0.899. The molecule has 736 valence electrons. The second-order valence-electron chi connectivity index (χ2n) is 34.9. The Hall–Kier alpha value is -3.21. The summed E-state index contributed by atoms with van der Waals surface area (Å²) in [5, 5.41) is 233. The van der Waals surface area contributed by atoms with Crippen LogP contribution in [0.1, 0.15) is 240 Å². The van der Waals surface area contributed by atoms with Crippen molar-refractivity contribution in [2.45, 2.75) is 467 Å². The fraction of sp³-hybridized carbons (Fsp3) is 0.942. The molecule has 0 radical (unpaired) electrons. The molecular weight excluding hydrogens is 1670 g/mol. The minimum atomic E-state index is -2.40. The lowest BCUT2D eigenvalue weighted by atomic mass is 9.93. The summed E-state index contributed by atoms with van der Waals surface area (Å²) in [7, 11) is 0. The number of ether oxygens (including phenoxy) is 14. The van der Waals surface area contributed by atoms with E-state index >= 15 is 0 Å². The van der Waals surface area contributed by atoms with Crippen molar-refractivity contribution >= 4 is 17.7 Å². The van der Waals surface area contributed by atoms with Crippen molar-refractivity contribution in [3.8, 4) is 0 Å². The highest BCUT2D eigenvalue weighted by Gasteiger charge is 2.60. The summed E-state index contributed by atoms with van der Waals surface area (Å²) in [5.74, 6) is -2.21. The van der Waals surface area contributed by atoms with Crippen LogP contribution in [0.4, 0.5) is 0 Å². The molecule has 126 heavy (non-hydrogen) atoms. The number of aliphatic hydroxyl groups excluding tert-OH is 20. The summed E-state index contributed by atoms with van der Waals surface area (Å²) < 4.78 is 84.5. The number of carbonyl (C=O) groups excluding carboxylic acids is 3. The van der Waals surface area contributed by atoms with Crippen LogP contribution in [-0.2, 0) is 80.7 Å². The second kappa shape index (κ2) is 58.2. The first kappa shape index (κ1) is 110. The smallest absolute Gasteiger partial charge is 0.220 e. The Morgan fingerprint density at radius 3 is 1.09 bits per heavy atom. The summed E-state index contributed by atoms with van der Waals surface area (Å²) in [6, 6.07) is -4.94. The van der Waals surface area contributed by atoms with Gasteiger partial charge in [0.05, 0.1) is 64.5 Å². The average molecular weight is 1820 g/mol. The van der Waals surface area contributed by atoms with Gasteiger partial charge < -0.3 is 184 Å². The van der Waals surface area contributed by atoms with Gasteiger partial charge in [-0.3, -0.25) is 14.4 Å². The predicted molar refractivity (Wildman–Crippen MR) is 443 cm³/mol. The Morgan fingerprint density at radius 1 is 0.325 bits per heavy atom. The average Bonchev–Trinajstić information content (AvgIpc) is 0.757. The SMILES string of the molecule is CCCCCCCCCCCCC/C=C/[C@@H](O)[C@H](CO[C@@H]1OC(CO)[C@@H](O[C@@H]2OC(CO)[C@H](O)[C@H](O[C@@H]3OC(CO)[C@@H](O[C@H]4OC(C)[C@@H](O)C(O)[C@@H]4O)[C@H](O[C@@H]4OC(CO)[C@H](O)[C@H](O[C@@H]5OC(CO)[C@@H](O[C@@H]6OC(CO)[C@H](O)[C@H](O)C6O)[C@H](O)C5NC(C)=O)C4O)C3NC(C)=O)C2O)[C@H](O)C1O)NC(=O)CCCCCCCCCCCCCCCCCCCCC. The van der Waals surface area contributed by atoms with Crippen LogP contribution < -0.4 is 16.0 Å². The van der Waals surface area contributed by atoms with E-state index in [4.69, 9.17) is 66.3 Å². The number of aliphatic hydroxyl groups is 20. The third-order valence-electron chi connectivity index (χ3n) is 24.8. The van der Waals surface area contributed by atoms with E-state index < -0.39 is 285 Å². The zero-order valence-corrected chi connectivity index (χ0v) is 74.0. The molecule has 7 heterocycles. The van der Waals surface area contributed by atoms with Crippen LogP contribution in [0.5, 0.6) is 0 Å². The zero-order chi connectivity index (χ0) is 92.1. The minimum absolute atomic E-state index is 0.151. The molecule has 40 nitrogen and oxygen atoms in total. The monoisotopic (exact) mass is 1820 g/mol. The first-order valence-electron chi connectivity index (χ1n) is 46.3. The number of hydrogen-bond donors (Lipinski definition) is 23. The molecule has 0 aromatic heterocycles. The van der Waals surface area contributed by atoms with E-state index in [9.17, 15) is 117 Å². The molecule has 7 saturated heterocycles. The second-order valence-corrected chi connectivity index (χ2v) is 34.9. The van der Waals surface area contributed by atoms with Gasteiger partial charge in [0, 0.05) is 20.3 Å². The minimum Gasteiger partial charge on any atom is -0.394 e. The van der Waals surface area contributed by atoms with E-state index in [-0.39, 0.29) is 12.3 Å². The molecule has 0 aliphatic carbocycles. The zero-order valence-electron chi connectivity index (χ0n) is 74.0. The van der Waals surface area contributed by atoms with Gasteiger partial charge >= 0.3 is 0 Å². The molecule has 23 N–H and O–H groups in total. The van der Waals surface area contributed by atoms with Crippen LogP contribution in [0, 0.1) is 0 Å². The van der Waals surface area contributed by atoms with Gasteiger partial charge in [0.2, 0.25) is 17.7 Å². The first-order chi connectivity index (χ1) is 60.5. The summed E-state index contributed by atoms with van der Waals surface area (Å²) in [5.41, 5.74) is 0. The highest BCUT2D eigenvalue weighted by atomic mass is 16.8. The van der Waals surface area contributed by atoms with Gasteiger partial charge in [-0.25, -0.2) is 0 Å². The lowest BCUT2D eigenvalue weighted by molar-refractivity contribution is -0.396. The Balaban J connectivity index is 1.05. The fourth-order valence-electron chi connectivity index (χ4n) is 17.2. The molecular formula is C86H155N3O37. The number of rotatable bonds is 58. The van der Waals surface area contributed by atoms with E-state index in [0.29, 0.717) is 12.8 Å². The van der Waals surface area contributed by atoms with Crippen molar-refractivity contribution in [1.29, 1.82) is 0 Å². The van der Waals surface area contributed by atoms with Crippen LogP contribution in [0.3, 0.4) is 0 Å². The number of carbonyl (C=O) groups is 3. The molecule has 40 heteroatoms. The molecule has 7 aliphatic rings. The molecule has 7 rings (SSSR count). The summed E-state index contributed by atoms with van der Waals surface area (Å²) in [4.78, 5) is 40.2. The molecule has 0 spiro atoms. The predicted octanol–water partition coefficient (Wildman–Crippen LogP) is -2.01. The van der Waals surface area contributed by atoms with Gasteiger partial charge in [-0.1, -0.05) is 206 Å². The molecule has 0 aromatic rings. The number of allylic oxidation sites excluding steroid dienone is 1. The molecule has 37 atom stereocenters. The van der Waals surface area contributed by atoms with Gasteiger partial charge in [-0.2, -0.15) is 0 Å². The number of amides is 3. The maximum Gasteiger partial charge on any atom is 0.220 e. The standard InChI is InChI=1S/C86H155N3O37/c1-6-8-10-12-14-16-18-20-21-22-23-24-25-27-29-31-33-35-37-39-58(99)89-50(51(98)38-36-34-32-30-28-26-19-17-15-13-11-9-7-2)46-113-82-71(110)68(107)75(56(44-94)120-82)122-85-72(111)79(64(103)53(41-91)116-85)126-81-60(88-49(5)97)77(76(57(45-95)119-81)123-83-69(108)66(105)61(100)47(3)114-83)124-86-73(112)78(63(102)54(42-92)117-86)125-80-59(87-48(4)96)65(104)74(55(43-93)118-80)121-84-70(109)67(106)62(101)52(40-90)115-84/h36,38,47,50-57,59-86,90-95,98,100-112H,6-35,37,39-46H2,1-5H3,(H,87,96)(H,88,97)(H,89,99)/b38-36+/t47?,50-,51+,52?,53?,54?,55?,56?,57?,59?,60?,61+,62-,63-,64-,65+,66?,67-,68+,69-,70?,71?,72?,73?,74+,75+,76+,77+,78-,79-,80-,81-,82+,83+,84-,85-,86-/m0/s1. The third-order valence-corrected chi connectivity index (χ3v) is 24.8. The molecule has 0 aromatic carbocycles. The van der Waals surface area contributed by atoms with E-state index in [1.54, 1.807) is 6.08 Å². The van der Waals surface area contributed by atoms with E-state index in [1.807, 2.05) is 6.08 Å². The van der Waals surface area contributed by atoms with Gasteiger partial charge in [0.15, 0.2) is 44.0 Å². The Labute approximate surface area is 739 Å². The van der Waals surface area contributed by atoms with Gasteiger partial charge in [-0.15, -0.1) is 0 Å². The fourth-order valence-corrected chi connectivity index (χ4v) is 17.2. The maximum atomic E-state index is 13.7. The van der Waals surface area contributed by atoms with Crippen molar-refractivity contribution in [2.24, 2.45) is 0 Å². The molecule has 3 amide bonds. The molecule has 0 saturated carbocycles. The summed E-state index contributed by atoms with van der Waals surface area (Å²) >= 11 is 0. The van der Waals surface area contributed by atoms with E-state index in [1.165, 1.54) is 142 Å². The van der Waals surface area contributed by atoms with Crippen LogP contribution in [-0.4, -0.2) is 393 Å². The Bertz CT molecular complexity index is 2990. The van der Waals surface area contributed by atoms with Crippen molar-refractivity contribution in [2.75, 3.05) is 46.2 Å². The highest BCUT2D eigenvalue weighted by Crippen LogP contribution is 2.40. The topological polar surface area (TPSA) is 621 Å². The molecule has 7 aliphatic heterocycles. The molecule has 7 fully saturated rings. The number of hydrogen-bond acceptors (Lipinski definition) is 37. The van der Waals surface area contributed by atoms with Gasteiger partial charge in [0.25, 0.3) is 0 Å². The van der Waals surface area contributed by atoms with Gasteiger partial charge in [-0.05, 0) is 26.2 Å². The largest absolute Gasteiger partial charge is 0.394 e. The van der Waals surface area contributed by atoms with Crippen molar-refractivity contribution in [3.63, 3.8) is 0 Å².